The molecule has 120 valence electrons. The molecule has 2 rings (SSSR count). The summed E-state index contributed by atoms with van der Waals surface area (Å²) in [5.74, 6) is -1.44. The molecule has 0 bridgehead atoms. The van der Waals surface area contributed by atoms with Crippen LogP contribution >= 0.6 is 0 Å². The van der Waals surface area contributed by atoms with Gasteiger partial charge in [-0.05, 0) is 32.6 Å². The van der Waals surface area contributed by atoms with Crippen LogP contribution in [0.1, 0.15) is 39.0 Å². The second-order valence-corrected chi connectivity index (χ2v) is 5.75. The zero-order chi connectivity index (χ0) is 15.7. The molecular weight excluding hydrogens is 287 g/mol. The van der Waals surface area contributed by atoms with Crippen molar-refractivity contribution >= 4 is 11.9 Å². The molecule has 1 saturated carbocycles. The standard InChI is InChI=1S/C14H20F3NO3/c1-2-21-11(19)10-4-8-18(9-5-10)12(20)13(6-3-7-13)14(15,16)17/h10H,2-9H2,1H3. The van der Waals surface area contributed by atoms with Gasteiger partial charge >= 0.3 is 12.1 Å². The number of alkyl halides is 3. The summed E-state index contributed by atoms with van der Waals surface area (Å²) in [5, 5.41) is 0. The van der Waals surface area contributed by atoms with E-state index >= 15 is 0 Å². The monoisotopic (exact) mass is 307 g/mol. The van der Waals surface area contributed by atoms with E-state index in [1.165, 1.54) is 4.90 Å². The highest BCUT2D eigenvalue weighted by atomic mass is 19.4. The molecule has 0 N–H and O–H groups in total. The van der Waals surface area contributed by atoms with Gasteiger partial charge in [0.25, 0.3) is 0 Å². The van der Waals surface area contributed by atoms with E-state index in [0.29, 0.717) is 19.3 Å². The van der Waals surface area contributed by atoms with E-state index < -0.39 is 17.5 Å². The maximum atomic E-state index is 13.1. The number of likely N-dealkylation sites (tertiary alicyclic amines) is 1. The summed E-state index contributed by atoms with van der Waals surface area (Å²) in [6.07, 6.45) is -3.54. The molecule has 0 radical (unpaired) electrons. The van der Waals surface area contributed by atoms with Crippen LogP contribution in [0.2, 0.25) is 0 Å². The van der Waals surface area contributed by atoms with E-state index in [0.717, 1.165) is 0 Å². The van der Waals surface area contributed by atoms with Crippen molar-refractivity contribution in [3.8, 4) is 0 Å². The van der Waals surface area contributed by atoms with Crippen LogP contribution < -0.4 is 0 Å². The third-order valence-corrected chi connectivity index (χ3v) is 4.56. The van der Waals surface area contributed by atoms with Crippen molar-refractivity contribution < 1.29 is 27.5 Å². The zero-order valence-electron chi connectivity index (χ0n) is 12.0. The molecular formula is C14H20F3NO3. The van der Waals surface area contributed by atoms with Gasteiger partial charge in [-0.15, -0.1) is 0 Å². The first-order valence-electron chi connectivity index (χ1n) is 7.34. The predicted octanol–water partition coefficient (Wildman–Crippen LogP) is 2.52. The van der Waals surface area contributed by atoms with E-state index in [1.807, 2.05) is 0 Å². The van der Waals surface area contributed by atoms with E-state index in [4.69, 9.17) is 4.74 Å². The van der Waals surface area contributed by atoms with Gasteiger partial charge in [-0.3, -0.25) is 9.59 Å². The average Bonchev–Trinajstić information content (AvgIpc) is 2.36. The van der Waals surface area contributed by atoms with Gasteiger partial charge in [-0.1, -0.05) is 6.42 Å². The van der Waals surface area contributed by atoms with Gasteiger partial charge in [-0.25, -0.2) is 0 Å². The molecule has 0 aromatic carbocycles. The highest BCUT2D eigenvalue weighted by molar-refractivity contribution is 5.85. The maximum Gasteiger partial charge on any atom is 0.403 e. The molecule has 21 heavy (non-hydrogen) atoms. The molecule has 2 aliphatic rings. The summed E-state index contributed by atoms with van der Waals surface area (Å²) in [4.78, 5) is 25.1. The molecule has 1 heterocycles. The number of esters is 1. The van der Waals surface area contributed by atoms with Gasteiger partial charge in [0, 0.05) is 13.1 Å². The number of nitrogens with zero attached hydrogens (tertiary/aromatic N) is 1. The molecule has 1 amide bonds. The van der Waals surface area contributed by atoms with E-state index in [-0.39, 0.29) is 44.4 Å². The van der Waals surface area contributed by atoms with E-state index in [9.17, 15) is 22.8 Å². The Kier molecular flexibility index (Phi) is 4.49. The van der Waals surface area contributed by atoms with Crippen molar-refractivity contribution in [3.63, 3.8) is 0 Å². The molecule has 1 saturated heterocycles. The molecule has 7 heteroatoms. The van der Waals surface area contributed by atoms with E-state index in [1.54, 1.807) is 6.92 Å². The Hall–Kier alpha value is -1.27. The molecule has 2 fully saturated rings. The molecule has 1 aliphatic carbocycles. The molecule has 1 aliphatic heterocycles. The normalized spacial score (nSPS) is 22.6. The number of carbonyl (C=O) groups is 2. The third kappa shape index (κ3) is 2.87. The quantitative estimate of drug-likeness (QED) is 0.753. The summed E-state index contributed by atoms with van der Waals surface area (Å²) >= 11 is 0. The molecule has 0 aromatic heterocycles. The van der Waals surface area contributed by atoms with Crippen LogP contribution in [0, 0.1) is 11.3 Å². The lowest BCUT2D eigenvalue weighted by atomic mass is 9.67. The van der Waals surface area contributed by atoms with Crippen LogP contribution in [0.15, 0.2) is 0 Å². The van der Waals surface area contributed by atoms with Gasteiger partial charge < -0.3 is 9.64 Å². The highest BCUT2D eigenvalue weighted by Crippen LogP contribution is 2.54. The lowest BCUT2D eigenvalue weighted by Gasteiger charge is -2.45. The average molecular weight is 307 g/mol. The van der Waals surface area contributed by atoms with Crippen molar-refractivity contribution in [1.82, 2.24) is 4.90 Å². The van der Waals surface area contributed by atoms with Gasteiger partial charge in [0.2, 0.25) is 5.91 Å². The molecule has 0 unspecified atom stereocenters. The zero-order valence-corrected chi connectivity index (χ0v) is 12.0. The Bertz CT molecular complexity index is 410. The number of halogens is 3. The fourth-order valence-electron chi connectivity index (χ4n) is 3.03. The topological polar surface area (TPSA) is 46.6 Å². The maximum absolute atomic E-state index is 13.1. The van der Waals surface area contributed by atoms with Crippen LogP contribution in [0.25, 0.3) is 0 Å². The van der Waals surface area contributed by atoms with Crippen molar-refractivity contribution in [2.24, 2.45) is 11.3 Å². The number of piperidine rings is 1. The number of hydrogen-bond acceptors (Lipinski definition) is 3. The Morgan fingerprint density at radius 3 is 2.19 bits per heavy atom. The lowest BCUT2D eigenvalue weighted by molar-refractivity contribution is -0.249. The van der Waals surface area contributed by atoms with Crippen LogP contribution in [-0.2, 0) is 14.3 Å². The Morgan fingerprint density at radius 1 is 1.24 bits per heavy atom. The van der Waals surface area contributed by atoms with Crippen molar-refractivity contribution in [2.75, 3.05) is 19.7 Å². The SMILES string of the molecule is CCOC(=O)C1CCN(C(=O)C2(C(F)(F)F)CCC2)CC1. The summed E-state index contributed by atoms with van der Waals surface area (Å²) < 4.78 is 44.3. The van der Waals surface area contributed by atoms with Crippen molar-refractivity contribution in [2.45, 2.75) is 45.2 Å². The van der Waals surface area contributed by atoms with Crippen LogP contribution in [0.4, 0.5) is 13.2 Å². The van der Waals surface area contributed by atoms with Crippen LogP contribution in [0.5, 0.6) is 0 Å². The van der Waals surface area contributed by atoms with Crippen LogP contribution in [0.3, 0.4) is 0 Å². The first kappa shape index (κ1) is 16.1. The number of amides is 1. The van der Waals surface area contributed by atoms with Gasteiger partial charge in [-0.2, -0.15) is 13.2 Å². The summed E-state index contributed by atoms with van der Waals surface area (Å²) in [7, 11) is 0. The number of carbonyl (C=O) groups excluding carboxylic acids is 2. The summed E-state index contributed by atoms with van der Waals surface area (Å²) in [5.41, 5.74) is -2.18. The van der Waals surface area contributed by atoms with Crippen LogP contribution in [-0.4, -0.2) is 42.6 Å². The predicted molar refractivity (Wildman–Crippen MR) is 68.3 cm³/mol. The molecule has 0 spiro atoms. The second-order valence-electron chi connectivity index (χ2n) is 5.75. The largest absolute Gasteiger partial charge is 0.466 e. The number of rotatable bonds is 3. The number of hydrogen-bond donors (Lipinski definition) is 0. The van der Waals surface area contributed by atoms with E-state index in [2.05, 4.69) is 0 Å². The minimum atomic E-state index is -4.49. The van der Waals surface area contributed by atoms with Gasteiger partial charge in [0.15, 0.2) is 0 Å². The smallest absolute Gasteiger partial charge is 0.403 e. The highest BCUT2D eigenvalue weighted by Gasteiger charge is 2.64. The second kappa shape index (κ2) is 5.85. The lowest BCUT2D eigenvalue weighted by Crippen LogP contribution is -2.57. The summed E-state index contributed by atoms with van der Waals surface area (Å²) in [6.45, 7) is 2.38. The van der Waals surface area contributed by atoms with Crippen molar-refractivity contribution in [3.05, 3.63) is 0 Å². The summed E-state index contributed by atoms with van der Waals surface area (Å²) in [6, 6.07) is 0. The molecule has 4 nitrogen and oxygen atoms in total. The Labute approximate surface area is 121 Å². The third-order valence-electron chi connectivity index (χ3n) is 4.56. The first-order valence-corrected chi connectivity index (χ1v) is 7.34. The fourth-order valence-corrected chi connectivity index (χ4v) is 3.03. The number of ether oxygens (including phenoxy) is 1. The molecule has 0 aromatic rings. The van der Waals surface area contributed by atoms with Gasteiger partial charge in [0.1, 0.15) is 5.41 Å². The molecule has 0 atom stereocenters. The minimum Gasteiger partial charge on any atom is -0.466 e. The fraction of sp³-hybridized carbons (Fsp3) is 0.857. The van der Waals surface area contributed by atoms with Gasteiger partial charge in [0.05, 0.1) is 12.5 Å². The first-order chi connectivity index (χ1) is 9.82. The Balaban J connectivity index is 1.96. The Morgan fingerprint density at radius 2 is 1.81 bits per heavy atom. The van der Waals surface area contributed by atoms with Crippen molar-refractivity contribution in [1.29, 1.82) is 0 Å². The minimum absolute atomic E-state index is 0.118.